The third-order valence-corrected chi connectivity index (χ3v) is 4.37. The zero-order valence-corrected chi connectivity index (χ0v) is 15.5. The van der Waals surface area contributed by atoms with Crippen LogP contribution < -0.4 is 0 Å². The maximum absolute atomic E-state index is 11.8. The summed E-state index contributed by atoms with van der Waals surface area (Å²) in [6.07, 6.45) is 17.5. The van der Waals surface area contributed by atoms with Crippen LogP contribution in [0.5, 0.6) is 0 Å². The first-order valence-corrected chi connectivity index (χ1v) is 9.79. The topological polar surface area (TPSA) is 43.4 Å². The zero-order chi connectivity index (χ0) is 17.2. The third-order valence-electron chi connectivity index (χ3n) is 4.37. The van der Waals surface area contributed by atoms with Crippen molar-refractivity contribution >= 4 is 11.8 Å². The molecule has 0 heterocycles. The van der Waals surface area contributed by atoms with Gasteiger partial charge in [-0.15, -0.1) is 0 Å². The van der Waals surface area contributed by atoms with Crippen LogP contribution in [0.4, 0.5) is 0 Å². The number of Topliss-reactive ketones (excluding diaryl/α,β-unsaturated/α-hetero) is 1. The highest BCUT2D eigenvalue weighted by atomic mass is 16.5. The maximum atomic E-state index is 11.8. The number of hydrogen-bond acceptors (Lipinski definition) is 3. The Balaban J connectivity index is 3.20. The SMILES string of the molecule is CCCCCCCCCCC(=O)CCCCCCCC(=O)OC. The molecule has 0 radical (unpaired) electrons. The van der Waals surface area contributed by atoms with Gasteiger partial charge in [0.1, 0.15) is 5.78 Å². The second-order valence-electron chi connectivity index (χ2n) is 6.61. The molecule has 0 aromatic rings. The number of rotatable bonds is 17. The summed E-state index contributed by atoms with van der Waals surface area (Å²) >= 11 is 0. The number of ether oxygens (including phenoxy) is 1. The van der Waals surface area contributed by atoms with Crippen LogP contribution in [0.2, 0.25) is 0 Å². The van der Waals surface area contributed by atoms with Crippen LogP contribution in [0.15, 0.2) is 0 Å². The highest BCUT2D eigenvalue weighted by Gasteiger charge is 2.03. The van der Waals surface area contributed by atoms with Gasteiger partial charge in [0.2, 0.25) is 0 Å². The third kappa shape index (κ3) is 17.3. The summed E-state index contributed by atoms with van der Waals surface area (Å²) in [5, 5.41) is 0. The molecule has 0 aromatic heterocycles. The number of esters is 1. The van der Waals surface area contributed by atoms with E-state index in [0.29, 0.717) is 12.2 Å². The van der Waals surface area contributed by atoms with Gasteiger partial charge in [-0.3, -0.25) is 9.59 Å². The normalized spacial score (nSPS) is 10.7. The molecular formula is C20H38O3. The summed E-state index contributed by atoms with van der Waals surface area (Å²) in [5.74, 6) is 0.316. The second-order valence-corrected chi connectivity index (χ2v) is 6.61. The van der Waals surface area contributed by atoms with Crippen LogP contribution in [0.1, 0.15) is 110 Å². The Bertz CT molecular complexity index is 287. The van der Waals surface area contributed by atoms with Crippen molar-refractivity contribution in [1.82, 2.24) is 0 Å². The summed E-state index contributed by atoms with van der Waals surface area (Å²) < 4.78 is 4.60. The van der Waals surface area contributed by atoms with E-state index in [4.69, 9.17) is 0 Å². The van der Waals surface area contributed by atoms with Crippen molar-refractivity contribution in [3.63, 3.8) is 0 Å². The minimum absolute atomic E-state index is 0.120. The maximum Gasteiger partial charge on any atom is 0.305 e. The Morgan fingerprint density at radius 1 is 0.609 bits per heavy atom. The van der Waals surface area contributed by atoms with Gasteiger partial charge in [-0.05, 0) is 19.3 Å². The molecule has 23 heavy (non-hydrogen) atoms. The van der Waals surface area contributed by atoms with Crippen LogP contribution in [0.3, 0.4) is 0 Å². The van der Waals surface area contributed by atoms with Gasteiger partial charge in [0.25, 0.3) is 0 Å². The van der Waals surface area contributed by atoms with Gasteiger partial charge in [-0.2, -0.15) is 0 Å². The van der Waals surface area contributed by atoms with Gasteiger partial charge in [0.15, 0.2) is 0 Å². The molecule has 136 valence electrons. The van der Waals surface area contributed by atoms with Gasteiger partial charge in [-0.25, -0.2) is 0 Å². The summed E-state index contributed by atoms with van der Waals surface area (Å²) in [7, 11) is 1.43. The number of methoxy groups -OCH3 is 1. The van der Waals surface area contributed by atoms with E-state index in [9.17, 15) is 9.59 Å². The van der Waals surface area contributed by atoms with E-state index >= 15 is 0 Å². The fourth-order valence-electron chi connectivity index (χ4n) is 2.80. The Hall–Kier alpha value is -0.860. The molecule has 0 rings (SSSR count). The molecule has 0 fully saturated rings. The summed E-state index contributed by atoms with van der Waals surface area (Å²) in [6.45, 7) is 2.24. The Morgan fingerprint density at radius 2 is 1.00 bits per heavy atom. The molecule has 0 spiro atoms. The van der Waals surface area contributed by atoms with E-state index in [1.807, 2.05) is 0 Å². The summed E-state index contributed by atoms with van der Waals surface area (Å²) in [5.41, 5.74) is 0. The van der Waals surface area contributed by atoms with Crippen molar-refractivity contribution in [1.29, 1.82) is 0 Å². The van der Waals surface area contributed by atoms with Crippen LogP contribution in [0, 0.1) is 0 Å². The lowest BCUT2D eigenvalue weighted by Gasteiger charge is -2.03. The largest absolute Gasteiger partial charge is 0.469 e. The van der Waals surface area contributed by atoms with E-state index in [1.54, 1.807) is 0 Å². The molecule has 3 heteroatoms. The Morgan fingerprint density at radius 3 is 1.43 bits per heavy atom. The number of carbonyl (C=O) groups is 2. The van der Waals surface area contributed by atoms with Crippen LogP contribution in [-0.2, 0) is 14.3 Å². The molecule has 0 saturated heterocycles. The molecule has 0 aliphatic carbocycles. The smallest absolute Gasteiger partial charge is 0.305 e. The first kappa shape index (κ1) is 22.1. The van der Waals surface area contributed by atoms with Crippen molar-refractivity contribution in [2.75, 3.05) is 7.11 Å². The first-order valence-electron chi connectivity index (χ1n) is 9.79. The predicted molar refractivity (Wildman–Crippen MR) is 96.6 cm³/mol. The van der Waals surface area contributed by atoms with Crippen LogP contribution in [-0.4, -0.2) is 18.9 Å². The van der Waals surface area contributed by atoms with E-state index in [-0.39, 0.29) is 5.97 Å². The number of ketones is 1. The van der Waals surface area contributed by atoms with Crippen molar-refractivity contribution in [3.8, 4) is 0 Å². The summed E-state index contributed by atoms with van der Waals surface area (Å²) in [6, 6.07) is 0. The molecule has 0 bridgehead atoms. The van der Waals surface area contributed by atoms with E-state index in [0.717, 1.165) is 51.4 Å². The first-order chi connectivity index (χ1) is 11.2. The molecular weight excluding hydrogens is 288 g/mol. The number of hydrogen-bond donors (Lipinski definition) is 0. The Kier molecular flexibility index (Phi) is 16.8. The number of carbonyl (C=O) groups excluding carboxylic acids is 2. The average molecular weight is 327 g/mol. The van der Waals surface area contributed by atoms with Crippen molar-refractivity contribution < 1.29 is 14.3 Å². The lowest BCUT2D eigenvalue weighted by molar-refractivity contribution is -0.140. The molecule has 0 amide bonds. The number of unbranched alkanes of at least 4 members (excludes halogenated alkanes) is 11. The van der Waals surface area contributed by atoms with Crippen LogP contribution in [0.25, 0.3) is 0 Å². The quantitative estimate of drug-likeness (QED) is 0.243. The van der Waals surface area contributed by atoms with E-state index < -0.39 is 0 Å². The molecule has 3 nitrogen and oxygen atoms in total. The average Bonchev–Trinajstić information content (AvgIpc) is 2.56. The van der Waals surface area contributed by atoms with Crippen molar-refractivity contribution in [2.24, 2.45) is 0 Å². The molecule has 0 unspecified atom stereocenters. The van der Waals surface area contributed by atoms with E-state index in [1.165, 1.54) is 52.1 Å². The zero-order valence-electron chi connectivity index (χ0n) is 15.5. The monoisotopic (exact) mass is 326 g/mol. The molecule has 0 aliphatic rings. The van der Waals surface area contributed by atoms with Gasteiger partial charge < -0.3 is 4.74 Å². The van der Waals surface area contributed by atoms with Crippen molar-refractivity contribution in [3.05, 3.63) is 0 Å². The fraction of sp³-hybridized carbons (Fsp3) is 0.900. The van der Waals surface area contributed by atoms with Gasteiger partial charge in [0, 0.05) is 19.3 Å². The van der Waals surface area contributed by atoms with E-state index in [2.05, 4.69) is 11.7 Å². The molecule has 0 aliphatic heterocycles. The molecule has 0 aromatic carbocycles. The molecule has 0 saturated carbocycles. The lowest BCUT2D eigenvalue weighted by atomic mass is 10.0. The molecule has 0 atom stereocenters. The lowest BCUT2D eigenvalue weighted by Crippen LogP contribution is -1.99. The van der Waals surface area contributed by atoms with Gasteiger partial charge in [0.05, 0.1) is 7.11 Å². The second kappa shape index (κ2) is 17.5. The highest BCUT2D eigenvalue weighted by Crippen LogP contribution is 2.12. The van der Waals surface area contributed by atoms with Crippen molar-refractivity contribution in [2.45, 2.75) is 110 Å². The van der Waals surface area contributed by atoms with Gasteiger partial charge >= 0.3 is 5.97 Å². The van der Waals surface area contributed by atoms with Crippen LogP contribution >= 0.6 is 0 Å². The standard InChI is InChI=1S/C20H38O3/c1-3-4-5-6-7-8-10-13-16-19(21)17-14-11-9-12-15-18-20(22)23-2/h3-18H2,1-2H3. The molecule has 0 N–H and O–H groups in total. The minimum atomic E-state index is -0.120. The highest BCUT2D eigenvalue weighted by molar-refractivity contribution is 5.78. The van der Waals surface area contributed by atoms with Gasteiger partial charge in [-0.1, -0.05) is 71.1 Å². The predicted octanol–water partition coefficient (Wildman–Crippen LogP) is 5.99. The minimum Gasteiger partial charge on any atom is -0.469 e. The fourth-order valence-corrected chi connectivity index (χ4v) is 2.80. The Labute approximate surface area is 143 Å². The summed E-state index contributed by atoms with van der Waals surface area (Å²) in [4.78, 5) is 22.7.